The Balaban J connectivity index is 5.29. The van der Waals surface area contributed by atoms with Gasteiger partial charge in [-0.1, -0.05) is 39.3 Å². The van der Waals surface area contributed by atoms with Gasteiger partial charge >= 0.3 is 6.16 Å². The van der Waals surface area contributed by atoms with E-state index in [4.69, 9.17) is 9.47 Å². The van der Waals surface area contributed by atoms with Crippen LogP contribution < -0.4 is 0 Å². The molecule has 0 aromatic carbocycles. The molecule has 0 amide bonds. The first-order chi connectivity index (χ1) is 8.41. The van der Waals surface area contributed by atoms with Crippen molar-refractivity contribution in [1.29, 1.82) is 0 Å². The fourth-order valence-corrected chi connectivity index (χ4v) is 12.9. The molecule has 0 bridgehead atoms. The molecule has 0 rings (SSSR count). The number of allylic oxidation sites excluding steroid dienone is 2. The molecule has 112 valence electrons. The number of carbonyl (C=O) groups excluding carboxylic acids is 1. The Kier molecular flexibility index (Phi) is 6.34. The summed E-state index contributed by atoms with van der Waals surface area (Å²) in [5.74, 6) is 0.642. The second-order valence-corrected chi connectivity index (χ2v) is 16.6. The normalized spacial score (nSPS) is 13.7. The summed E-state index contributed by atoms with van der Waals surface area (Å²) in [4.78, 5) is 11.4. The standard InChI is InChI=1S/C13H29NO3Si2/c1-10-16-13(15)17-12(3)11(2)14(18(4,5)6)19(7,8)9/h10H2,1-9H3/b12-11-. The van der Waals surface area contributed by atoms with Gasteiger partial charge in [0.15, 0.2) is 0 Å². The third kappa shape index (κ3) is 5.82. The lowest BCUT2D eigenvalue weighted by Crippen LogP contribution is -2.58. The maximum Gasteiger partial charge on any atom is 0.513 e. The van der Waals surface area contributed by atoms with Gasteiger partial charge in [0.2, 0.25) is 0 Å². The fourth-order valence-electron chi connectivity index (χ4n) is 2.52. The van der Waals surface area contributed by atoms with Crippen LogP contribution in [0.1, 0.15) is 20.8 Å². The minimum absolute atomic E-state index is 0.330. The predicted molar refractivity (Wildman–Crippen MR) is 85.0 cm³/mol. The first-order valence-electron chi connectivity index (χ1n) is 6.73. The van der Waals surface area contributed by atoms with E-state index in [-0.39, 0.29) is 0 Å². The molecule has 4 nitrogen and oxygen atoms in total. The maximum atomic E-state index is 11.4. The Labute approximate surface area is 119 Å². The van der Waals surface area contributed by atoms with E-state index in [1.807, 2.05) is 13.8 Å². The topological polar surface area (TPSA) is 38.8 Å². The van der Waals surface area contributed by atoms with Crippen molar-refractivity contribution < 1.29 is 14.3 Å². The number of hydrogen-bond acceptors (Lipinski definition) is 4. The molecule has 0 heterocycles. The summed E-state index contributed by atoms with van der Waals surface area (Å²) in [6.07, 6.45) is -0.620. The van der Waals surface area contributed by atoms with Crippen LogP contribution in [0.4, 0.5) is 4.79 Å². The molecule has 0 aliphatic rings. The van der Waals surface area contributed by atoms with Crippen LogP contribution in [0.15, 0.2) is 11.5 Å². The molecule has 0 fully saturated rings. The molecular formula is C13H29NO3Si2. The summed E-state index contributed by atoms with van der Waals surface area (Å²) in [7, 11) is -3.02. The maximum absolute atomic E-state index is 11.4. The second-order valence-electron chi connectivity index (χ2n) is 6.60. The Morgan fingerprint density at radius 1 is 1.00 bits per heavy atom. The smallest absolute Gasteiger partial charge is 0.434 e. The van der Waals surface area contributed by atoms with E-state index in [1.54, 1.807) is 6.92 Å². The number of carbonyl (C=O) groups is 1. The Bertz CT molecular complexity index is 340. The lowest BCUT2D eigenvalue weighted by atomic mass is 10.4. The minimum atomic E-state index is -1.51. The summed E-state index contributed by atoms with van der Waals surface area (Å²) in [5.41, 5.74) is 1.06. The van der Waals surface area contributed by atoms with Gasteiger partial charge in [0.25, 0.3) is 0 Å². The van der Waals surface area contributed by atoms with E-state index in [1.165, 1.54) is 0 Å². The zero-order chi connectivity index (χ0) is 15.4. The monoisotopic (exact) mass is 303 g/mol. The zero-order valence-electron chi connectivity index (χ0n) is 13.9. The van der Waals surface area contributed by atoms with Gasteiger partial charge < -0.3 is 13.7 Å². The van der Waals surface area contributed by atoms with E-state index in [9.17, 15) is 4.79 Å². The highest BCUT2D eigenvalue weighted by Crippen LogP contribution is 2.27. The van der Waals surface area contributed by atoms with Crippen LogP contribution in [0.2, 0.25) is 39.3 Å². The SMILES string of the molecule is CCOC(=O)O/C(C)=C(/C)N([Si](C)(C)C)[Si](C)(C)C. The molecule has 0 spiro atoms. The molecule has 0 aliphatic carbocycles. The molecule has 0 aliphatic heterocycles. The van der Waals surface area contributed by atoms with Gasteiger partial charge in [-0.3, -0.25) is 0 Å². The molecule has 0 N–H and O–H groups in total. The summed E-state index contributed by atoms with van der Waals surface area (Å²) < 4.78 is 12.6. The van der Waals surface area contributed by atoms with Crippen LogP contribution in [-0.4, -0.2) is 33.5 Å². The van der Waals surface area contributed by atoms with Crippen LogP contribution in [0, 0.1) is 0 Å². The van der Waals surface area contributed by atoms with Crippen molar-refractivity contribution in [3.8, 4) is 0 Å². The van der Waals surface area contributed by atoms with E-state index in [0.717, 1.165) is 5.70 Å². The average Bonchev–Trinajstić information content (AvgIpc) is 2.12. The quantitative estimate of drug-likeness (QED) is 0.429. The van der Waals surface area contributed by atoms with Crippen LogP contribution in [0.3, 0.4) is 0 Å². The van der Waals surface area contributed by atoms with Gasteiger partial charge in [-0.2, -0.15) is 0 Å². The Hall–Kier alpha value is -0.756. The first-order valence-corrected chi connectivity index (χ1v) is 13.6. The van der Waals surface area contributed by atoms with Crippen LogP contribution in [-0.2, 0) is 9.47 Å². The number of ether oxygens (including phenoxy) is 2. The van der Waals surface area contributed by atoms with Gasteiger partial charge in [-0.05, 0) is 20.8 Å². The fraction of sp³-hybridized carbons (Fsp3) is 0.769. The highest BCUT2D eigenvalue weighted by atomic mass is 28.4. The van der Waals surface area contributed by atoms with Crippen molar-refractivity contribution in [2.75, 3.05) is 6.61 Å². The third-order valence-corrected chi connectivity index (χ3v) is 10.1. The molecule has 0 saturated heterocycles. The molecule has 19 heavy (non-hydrogen) atoms. The van der Waals surface area contributed by atoms with E-state index >= 15 is 0 Å². The number of hydrogen-bond donors (Lipinski definition) is 0. The summed E-state index contributed by atoms with van der Waals surface area (Å²) in [5, 5.41) is 0. The van der Waals surface area contributed by atoms with Crippen molar-refractivity contribution in [2.45, 2.75) is 60.1 Å². The Morgan fingerprint density at radius 3 is 1.74 bits per heavy atom. The highest BCUT2D eigenvalue weighted by molar-refractivity contribution is 6.90. The molecular weight excluding hydrogens is 274 g/mol. The molecule has 0 radical (unpaired) electrons. The molecule has 6 heteroatoms. The van der Waals surface area contributed by atoms with Crippen molar-refractivity contribution in [3.63, 3.8) is 0 Å². The summed E-state index contributed by atoms with van der Waals surface area (Å²) in [6, 6.07) is 0. The zero-order valence-corrected chi connectivity index (χ0v) is 15.9. The van der Waals surface area contributed by atoms with Gasteiger partial charge in [-0.25, -0.2) is 4.79 Å². The second kappa shape index (κ2) is 6.61. The van der Waals surface area contributed by atoms with Crippen LogP contribution in [0.5, 0.6) is 0 Å². The van der Waals surface area contributed by atoms with Gasteiger partial charge in [0.05, 0.1) is 6.61 Å². The molecule has 0 unspecified atom stereocenters. The molecule has 0 aromatic heterocycles. The minimum Gasteiger partial charge on any atom is -0.434 e. The van der Waals surface area contributed by atoms with E-state index in [2.05, 4.69) is 43.5 Å². The van der Waals surface area contributed by atoms with Crippen molar-refractivity contribution >= 4 is 22.6 Å². The van der Waals surface area contributed by atoms with Gasteiger partial charge in [0, 0.05) is 5.70 Å². The van der Waals surface area contributed by atoms with Gasteiger partial charge in [0.1, 0.15) is 22.2 Å². The lowest BCUT2D eigenvalue weighted by Gasteiger charge is -2.46. The average molecular weight is 304 g/mol. The third-order valence-electron chi connectivity index (χ3n) is 2.69. The largest absolute Gasteiger partial charge is 0.513 e. The van der Waals surface area contributed by atoms with Crippen molar-refractivity contribution in [1.82, 2.24) is 4.23 Å². The highest BCUT2D eigenvalue weighted by Gasteiger charge is 2.35. The lowest BCUT2D eigenvalue weighted by molar-refractivity contribution is 0.0804. The van der Waals surface area contributed by atoms with Gasteiger partial charge in [-0.15, -0.1) is 0 Å². The number of rotatable bonds is 5. The Morgan fingerprint density at radius 2 is 1.42 bits per heavy atom. The van der Waals surface area contributed by atoms with Crippen LogP contribution in [0.25, 0.3) is 0 Å². The summed E-state index contributed by atoms with van der Waals surface area (Å²) in [6.45, 7) is 19.8. The predicted octanol–water partition coefficient (Wildman–Crippen LogP) is 4.38. The molecule has 0 saturated carbocycles. The van der Waals surface area contributed by atoms with Crippen molar-refractivity contribution in [3.05, 3.63) is 11.5 Å². The van der Waals surface area contributed by atoms with Crippen molar-refractivity contribution in [2.24, 2.45) is 0 Å². The first kappa shape index (κ1) is 18.2. The van der Waals surface area contributed by atoms with Crippen LogP contribution >= 0.6 is 0 Å². The summed E-state index contributed by atoms with van der Waals surface area (Å²) >= 11 is 0. The van der Waals surface area contributed by atoms with E-state index < -0.39 is 22.6 Å². The molecule has 0 aromatic rings. The molecule has 0 atom stereocenters. The number of nitrogens with zero attached hydrogens (tertiary/aromatic N) is 1. The van der Waals surface area contributed by atoms with E-state index in [0.29, 0.717) is 12.4 Å².